The second kappa shape index (κ2) is 11.8. The molecule has 0 unspecified atom stereocenters. The predicted octanol–water partition coefficient (Wildman–Crippen LogP) is 5.18. The molecular formula is C32H40N6O3. The van der Waals surface area contributed by atoms with Crippen molar-refractivity contribution in [3.8, 4) is 5.69 Å². The van der Waals surface area contributed by atoms with E-state index in [2.05, 4.69) is 42.8 Å². The Morgan fingerprint density at radius 2 is 1.71 bits per heavy atom. The number of aromatic nitrogens is 2. The minimum atomic E-state index is -0.371. The van der Waals surface area contributed by atoms with Crippen LogP contribution < -0.4 is 16.0 Å². The lowest BCUT2D eigenvalue weighted by Crippen LogP contribution is -2.47. The van der Waals surface area contributed by atoms with E-state index < -0.39 is 0 Å². The van der Waals surface area contributed by atoms with Gasteiger partial charge >= 0.3 is 6.03 Å². The number of carbonyl (C=O) groups is 3. The van der Waals surface area contributed by atoms with Crippen molar-refractivity contribution in [2.75, 3.05) is 23.7 Å². The Balaban J connectivity index is 1.23. The highest BCUT2D eigenvalue weighted by Crippen LogP contribution is 2.29. The fraction of sp³-hybridized carbons (Fsp3) is 0.438. The second-order valence-corrected chi connectivity index (χ2v) is 12.3. The smallest absolute Gasteiger partial charge is 0.324 e. The number of anilines is 2. The molecule has 0 radical (unpaired) electrons. The van der Waals surface area contributed by atoms with Gasteiger partial charge in [-0.25, -0.2) is 9.48 Å². The molecule has 41 heavy (non-hydrogen) atoms. The average Bonchev–Trinajstić information content (AvgIpc) is 3.57. The largest absolute Gasteiger partial charge is 0.344 e. The van der Waals surface area contributed by atoms with Gasteiger partial charge in [-0.1, -0.05) is 56.7 Å². The van der Waals surface area contributed by atoms with Gasteiger partial charge < -0.3 is 15.5 Å². The van der Waals surface area contributed by atoms with Gasteiger partial charge in [0.1, 0.15) is 11.9 Å². The summed E-state index contributed by atoms with van der Waals surface area (Å²) in [6, 6.07) is 17.2. The molecule has 1 atom stereocenters. The molecule has 0 spiro atoms. The Kier molecular flexibility index (Phi) is 8.15. The first-order valence-corrected chi connectivity index (χ1v) is 14.5. The maximum atomic E-state index is 13.3. The van der Waals surface area contributed by atoms with Crippen LogP contribution in [0.3, 0.4) is 0 Å². The van der Waals surface area contributed by atoms with Crippen molar-refractivity contribution in [3.05, 3.63) is 71.4 Å². The maximum absolute atomic E-state index is 13.3. The Hall–Kier alpha value is -4.14. The number of urea groups is 1. The molecule has 0 aliphatic carbocycles. The number of hydrogen-bond acceptors (Lipinski definition) is 4. The van der Waals surface area contributed by atoms with E-state index in [-0.39, 0.29) is 29.3 Å². The predicted molar refractivity (Wildman–Crippen MR) is 160 cm³/mol. The Bertz CT molecular complexity index is 1410. The summed E-state index contributed by atoms with van der Waals surface area (Å²) in [4.78, 5) is 39.4. The number of para-hydroxylation sites is 1. The molecule has 4 amide bonds. The van der Waals surface area contributed by atoms with Crippen LogP contribution >= 0.6 is 0 Å². The van der Waals surface area contributed by atoms with Crippen molar-refractivity contribution in [3.63, 3.8) is 0 Å². The van der Waals surface area contributed by atoms with E-state index in [0.717, 1.165) is 47.5 Å². The quantitative estimate of drug-likeness (QED) is 0.389. The number of piperidine rings is 1. The van der Waals surface area contributed by atoms with Crippen molar-refractivity contribution < 1.29 is 14.4 Å². The Morgan fingerprint density at radius 3 is 2.37 bits per heavy atom. The zero-order valence-corrected chi connectivity index (χ0v) is 24.4. The number of aryl methyl sites for hydroxylation is 1. The van der Waals surface area contributed by atoms with Crippen LogP contribution in [0, 0.1) is 12.8 Å². The van der Waals surface area contributed by atoms with Crippen LogP contribution in [0.4, 0.5) is 16.3 Å². The number of nitrogens with zero attached hydrogens (tertiary/aromatic N) is 3. The third kappa shape index (κ3) is 6.78. The van der Waals surface area contributed by atoms with E-state index in [9.17, 15) is 14.4 Å². The summed E-state index contributed by atoms with van der Waals surface area (Å²) in [6.07, 6.45) is 3.60. The zero-order valence-electron chi connectivity index (χ0n) is 24.4. The highest BCUT2D eigenvalue weighted by atomic mass is 16.2. The van der Waals surface area contributed by atoms with Gasteiger partial charge in [0, 0.05) is 36.7 Å². The molecule has 0 saturated carbocycles. The molecule has 2 fully saturated rings. The molecule has 2 aliphatic rings. The highest BCUT2D eigenvalue weighted by molar-refractivity contribution is 6.00. The summed E-state index contributed by atoms with van der Waals surface area (Å²) in [7, 11) is 0. The fourth-order valence-corrected chi connectivity index (χ4v) is 5.50. The molecule has 0 bridgehead atoms. The molecule has 5 rings (SSSR count). The summed E-state index contributed by atoms with van der Waals surface area (Å²) >= 11 is 0. The average molecular weight is 557 g/mol. The summed E-state index contributed by atoms with van der Waals surface area (Å²) < 4.78 is 1.78. The van der Waals surface area contributed by atoms with Gasteiger partial charge in [0.15, 0.2) is 0 Å². The van der Waals surface area contributed by atoms with E-state index in [1.807, 2.05) is 60.4 Å². The van der Waals surface area contributed by atoms with E-state index in [1.165, 1.54) is 0 Å². The van der Waals surface area contributed by atoms with Crippen LogP contribution in [0.1, 0.15) is 63.3 Å². The molecule has 1 aromatic heterocycles. The minimum Gasteiger partial charge on any atom is -0.344 e. The van der Waals surface area contributed by atoms with Crippen molar-refractivity contribution in [2.45, 2.75) is 71.3 Å². The molecular weight excluding hydrogens is 516 g/mol. The molecule has 2 aromatic carbocycles. The number of amides is 4. The van der Waals surface area contributed by atoms with Gasteiger partial charge in [-0.2, -0.15) is 5.10 Å². The summed E-state index contributed by atoms with van der Waals surface area (Å²) in [5.41, 5.74) is 4.57. The lowest BCUT2D eigenvalue weighted by molar-refractivity contribution is -0.135. The van der Waals surface area contributed by atoms with E-state index in [4.69, 9.17) is 5.10 Å². The number of benzene rings is 2. The molecule has 9 heteroatoms. The SMILES string of the molecule is Cc1ccc(-n2nc(C(C)(C)C)cc2NC(=O)Nc2ccccc2CC2CCN(C(=O)[C@@H]3CCC(=O)N3)CC2)cc1. The van der Waals surface area contributed by atoms with Gasteiger partial charge in [0.05, 0.1) is 11.4 Å². The van der Waals surface area contributed by atoms with Gasteiger partial charge in [-0.3, -0.25) is 14.9 Å². The number of rotatable bonds is 6. The van der Waals surface area contributed by atoms with Gasteiger partial charge in [0.25, 0.3) is 0 Å². The monoisotopic (exact) mass is 556 g/mol. The Morgan fingerprint density at radius 1 is 1.00 bits per heavy atom. The lowest BCUT2D eigenvalue weighted by atomic mass is 9.89. The summed E-state index contributed by atoms with van der Waals surface area (Å²) in [5.74, 6) is 0.998. The third-order valence-corrected chi connectivity index (χ3v) is 7.99. The zero-order chi connectivity index (χ0) is 29.1. The molecule has 3 aromatic rings. The minimum absolute atomic E-state index is 0.0348. The number of carbonyl (C=O) groups excluding carboxylic acids is 3. The van der Waals surface area contributed by atoms with Gasteiger partial charge in [0.2, 0.25) is 11.8 Å². The number of nitrogens with one attached hydrogen (secondary N) is 3. The molecule has 2 saturated heterocycles. The maximum Gasteiger partial charge on any atom is 0.324 e. The van der Waals surface area contributed by atoms with E-state index >= 15 is 0 Å². The lowest BCUT2D eigenvalue weighted by Gasteiger charge is -2.33. The van der Waals surface area contributed by atoms with Crippen molar-refractivity contribution in [1.29, 1.82) is 0 Å². The van der Waals surface area contributed by atoms with E-state index in [1.54, 1.807) is 4.68 Å². The summed E-state index contributed by atoms with van der Waals surface area (Å²) in [6.45, 7) is 9.71. The molecule has 2 aliphatic heterocycles. The standard InChI is InChI=1S/C32H40N6O3/c1-21-9-11-24(12-10-21)38-28(20-27(36-38)32(2,3)4)35-31(41)34-25-8-6-5-7-23(25)19-22-15-17-37(18-16-22)30(40)26-13-14-29(39)33-26/h5-12,20,22,26H,13-19H2,1-4H3,(H,33,39)(H2,34,35,41)/t26-/m0/s1. The Labute approximate surface area is 241 Å². The van der Waals surface area contributed by atoms with Crippen LogP contribution in [0.15, 0.2) is 54.6 Å². The van der Waals surface area contributed by atoms with E-state index in [0.29, 0.717) is 37.7 Å². The number of likely N-dealkylation sites (tertiary alicyclic amines) is 1. The van der Waals surface area contributed by atoms with Crippen LogP contribution in [-0.4, -0.2) is 51.7 Å². The van der Waals surface area contributed by atoms with Crippen LogP contribution in [-0.2, 0) is 21.4 Å². The summed E-state index contributed by atoms with van der Waals surface area (Å²) in [5, 5.41) is 13.7. The van der Waals surface area contributed by atoms with Crippen LogP contribution in [0.25, 0.3) is 5.69 Å². The number of hydrogen-bond donors (Lipinski definition) is 3. The topological polar surface area (TPSA) is 108 Å². The first-order valence-electron chi connectivity index (χ1n) is 14.5. The molecule has 3 N–H and O–H groups in total. The molecule has 9 nitrogen and oxygen atoms in total. The van der Waals surface area contributed by atoms with Crippen LogP contribution in [0.2, 0.25) is 0 Å². The third-order valence-electron chi connectivity index (χ3n) is 7.99. The van der Waals surface area contributed by atoms with Crippen LogP contribution in [0.5, 0.6) is 0 Å². The van der Waals surface area contributed by atoms with Gasteiger partial charge in [-0.05, 0) is 62.3 Å². The highest BCUT2D eigenvalue weighted by Gasteiger charge is 2.33. The molecule has 3 heterocycles. The van der Waals surface area contributed by atoms with Crippen molar-refractivity contribution >= 4 is 29.4 Å². The first-order chi connectivity index (χ1) is 19.6. The van der Waals surface area contributed by atoms with Crippen molar-refractivity contribution in [1.82, 2.24) is 20.0 Å². The fourth-order valence-electron chi connectivity index (χ4n) is 5.50. The second-order valence-electron chi connectivity index (χ2n) is 12.3. The van der Waals surface area contributed by atoms with Gasteiger partial charge in [-0.15, -0.1) is 0 Å². The normalized spacial score (nSPS) is 17.8. The molecule has 216 valence electrons. The first kappa shape index (κ1) is 28.4. The van der Waals surface area contributed by atoms with Crippen molar-refractivity contribution in [2.24, 2.45) is 5.92 Å².